The molecule has 1 fully saturated rings. The van der Waals surface area contributed by atoms with Crippen LogP contribution in [0.15, 0.2) is 61.2 Å². The predicted molar refractivity (Wildman–Crippen MR) is 154 cm³/mol. The summed E-state index contributed by atoms with van der Waals surface area (Å²) in [7, 11) is 3.66. The molecule has 6 rings (SSSR count). The summed E-state index contributed by atoms with van der Waals surface area (Å²) in [6.07, 6.45) is 2.03. The first-order chi connectivity index (χ1) is 20.2. The van der Waals surface area contributed by atoms with Crippen LogP contribution >= 0.6 is 0 Å². The highest BCUT2D eigenvalue weighted by Gasteiger charge is 2.31. The second-order valence-electron chi connectivity index (χ2n) is 10.1. The molecular formula is C29H27F2N9O2. The van der Waals surface area contributed by atoms with Crippen LogP contribution in [0.5, 0.6) is 11.5 Å². The fraction of sp³-hybridized carbons (Fsp3) is 0.241. The molecule has 11 nitrogen and oxygen atoms in total. The Hall–Kier alpha value is -5.20. The first-order valence-electron chi connectivity index (χ1n) is 13.2. The number of hydrogen-bond acceptors (Lipinski definition) is 9. The van der Waals surface area contributed by atoms with E-state index >= 15 is 4.39 Å². The fourth-order valence-electron chi connectivity index (χ4n) is 5.03. The SMILES string of the molecule is C=C(F)C(=O)N1CC[C@H](N(C)c2ccc3ncnc(Nc4ccc(Oc5ccc6c(c5)nnn6C)c(C)c4F)c3n2)C1. The number of halogens is 2. The van der Waals surface area contributed by atoms with Gasteiger partial charge in [-0.05, 0) is 49.7 Å². The number of likely N-dealkylation sites (tertiary alicyclic amines) is 1. The van der Waals surface area contributed by atoms with Crippen molar-refractivity contribution in [3.8, 4) is 11.5 Å². The average molecular weight is 572 g/mol. The zero-order valence-corrected chi connectivity index (χ0v) is 23.2. The van der Waals surface area contributed by atoms with Crippen molar-refractivity contribution in [2.24, 2.45) is 7.05 Å². The van der Waals surface area contributed by atoms with E-state index in [0.29, 0.717) is 64.8 Å². The third kappa shape index (κ3) is 4.93. The maximum absolute atomic E-state index is 15.6. The molecule has 1 amide bonds. The van der Waals surface area contributed by atoms with Gasteiger partial charge in [-0.15, -0.1) is 5.10 Å². The van der Waals surface area contributed by atoms with Gasteiger partial charge in [0.1, 0.15) is 34.7 Å². The predicted octanol–water partition coefficient (Wildman–Crippen LogP) is 4.81. The third-order valence-corrected chi connectivity index (χ3v) is 7.46. The zero-order valence-electron chi connectivity index (χ0n) is 23.2. The van der Waals surface area contributed by atoms with E-state index in [0.717, 1.165) is 5.52 Å². The monoisotopic (exact) mass is 571 g/mol. The third-order valence-electron chi connectivity index (χ3n) is 7.46. The van der Waals surface area contributed by atoms with Crippen LogP contribution in [0.4, 0.5) is 26.1 Å². The Bertz CT molecular complexity index is 1860. The van der Waals surface area contributed by atoms with Gasteiger partial charge in [-0.3, -0.25) is 4.79 Å². The number of hydrogen-bond donors (Lipinski definition) is 1. The van der Waals surface area contributed by atoms with Crippen molar-refractivity contribution in [3.05, 3.63) is 72.6 Å². The number of nitrogens with zero attached hydrogens (tertiary/aromatic N) is 8. The van der Waals surface area contributed by atoms with E-state index in [1.165, 1.54) is 11.2 Å². The molecule has 42 heavy (non-hydrogen) atoms. The van der Waals surface area contributed by atoms with Gasteiger partial charge in [-0.1, -0.05) is 11.8 Å². The highest BCUT2D eigenvalue weighted by molar-refractivity contribution is 5.91. The molecule has 1 aliphatic heterocycles. The Morgan fingerprint density at radius 2 is 2.00 bits per heavy atom. The van der Waals surface area contributed by atoms with E-state index in [2.05, 4.69) is 32.2 Å². The smallest absolute Gasteiger partial charge is 0.282 e. The first-order valence-corrected chi connectivity index (χ1v) is 13.2. The maximum Gasteiger partial charge on any atom is 0.282 e. The first kappa shape index (κ1) is 27.0. The molecule has 1 saturated heterocycles. The zero-order chi connectivity index (χ0) is 29.5. The van der Waals surface area contributed by atoms with Crippen molar-refractivity contribution in [1.29, 1.82) is 0 Å². The van der Waals surface area contributed by atoms with Gasteiger partial charge in [0.2, 0.25) is 0 Å². The van der Waals surface area contributed by atoms with E-state index in [4.69, 9.17) is 9.72 Å². The number of aromatic nitrogens is 6. The van der Waals surface area contributed by atoms with E-state index in [1.54, 1.807) is 49.0 Å². The number of pyridine rings is 1. The quantitative estimate of drug-likeness (QED) is 0.275. The Balaban J connectivity index is 1.23. The van der Waals surface area contributed by atoms with Gasteiger partial charge in [0, 0.05) is 44.9 Å². The van der Waals surface area contributed by atoms with Gasteiger partial charge >= 0.3 is 0 Å². The molecule has 4 heterocycles. The summed E-state index contributed by atoms with van der Waals surface area (Å²) in [6.45, 7) is 5.51. The number of benzene rings is 2. The molecule has 0 aliphatic carbocycles. The Kier molecular flexibility index (Phi) is 6.85. The number of amides is 1. The van der Waals surface area contributed by atoms with E-state index in [-0.39, 0.29) is 11.7 Å². The fourth-order valence-corrected chi connectivity index (χ4v) is 5.03. The molecule has 0 unspecified atom stereocenters. The molecule has 0 radical (unpaired) electrons. The largest absolute Gasteiger partial charge is 0.457 e. The number of nitrogens with one attached hydrogen (secondary N) is 1. The van der Waals surface area contributed by atoms with Gasteiger partial charge in [-0.25, -0.2) is 28.4 Å². The summed E-state index contributed by atoms with van der Waals surface area (Å²) in [6, 6.07) is 12.2. The lowest BCUT2D eigenvalue weighted by Crippen LogP contribution is -2.37. The number of rotatable bonds is 7. The Morgan fingerprint density at radius 3 is 2.81 bits per heavy atom. The lowest BCUT2D eigenvalue weighted by molar-refractivity contribution is -0.127. The number of fused-ring (bicyclic) bond motifs is 2. The van der Waals surface area contributed by atoms with Crippen LogP contribution in [0.2, 0.25) is 0 Å². The molecule has 1 aliphatic rings. The van der Waals surface area contributed by atoms with Crippen molar-refractivity contribution in [1.82, 2.24) is 34.8 Å². The molecule has 0 spiro atoms. The minimum absolute atomic E-state index is 0.0680. The normalized spacial score (nSPS) is 14.9. The van der Waals surface area contributed by atoms with Crippen molar-refractivity contribution >= 4 is 45.3 Å². The molecule has 214 valence electrons. The second-order valence-corrected chi connectivity index (χ2v) is 10.1. The second kappa shape index (κ2) is 10.7. The van der Waals surface area contributed by atoms with Crippen molar-refractivity contribution in [3.63, 3.8) is 0 Å². The standard InChI is InChI=1S/C29H27F2N9O2/c1-16-24(42-19-5-8-23-22(13-19)36-37-39(23)4)9-6-20(26(16)31)34-28-27-21(32-15-33-28)7-10-25(35-27)38(3)18-11-12-40(14-18)29(41)17(2)30/h5-10,13,15,18H,2,11-12,14H2,1,3-4H3,(H,32,33,34)/t18-/m0/s1. The number of ether oxygens (including phenoxy) is 1. The topological polar surface area (TPSA) is 114 Å². The van der Waals surface area contributed by atoms with Crippen LogP contribution in [-0.4, -0.2) is 66.9 Å². The molecule has 13 heteroatoms. The number of likely N-dealkylation sites (N-methyl/N-ethyl adjacent to an activating group) is 1. The summed E-state index contributed by atoms with van der Waals surface area (Å²) in [5.74, 6) is -0.363. The summed E-state index contributed by atoms with van der Waals surface area (Å²) in [5, 5.41) is 11.1. The van der Waals surface area contributed by atoms with Crippen molar-refractivity contribution in [2.75, 3.05) is 30.4 Å². The van der Waals surface area contributed by atoms with Gasteiger partial charge in [-0.2, -0.15) is 0 Å². The Morgan fingerprint density at radius 1 is 1.17 bits per heavy atom. The van der Waals surface area contributed by atoms with Crippen molar-refractivity contribution < 1.29 is 18.3 Å². The van der Waals surface area contributed by atoms with Gasteiger partial charge in [0.05, 0.1) is 16.7 Å². The van der Waals surface area contributed by atoms with E-state index in [1.807, 2.05) is 24.1 Å². The lowest BCUT2D eigenvalue weighted by Gasteiger charge is -2.26. The van der Waals surface area contributed by atoms with Crippen LogP contribution in [-0.2, 0) is 11.8 Å². The van der Waals surface area contributed by atoms with Gasteiger partial charge in [0.25, 0.3) is 5.91 Å². The van der Waals surface area contributed by atoms with Crippen LogP contribution in [0, 0.1) is 12.7 Å². The van der Waals surface area contributed by atoms with Crippen LogP contribution in [0.25, 0.3) is 22.1 Å². The average Bonchev–Trinajstić information content (AvgIpc) is 3.63. The van der Waals surface area contributed by atoms with E-state index < -0.39 is 17.6 Å². The van der Waals surface area contributed by atoms with Gasteiger partial charge < -0.3 is 19.9 Å². The summed E-state index contributed by atoms with van der Waals surface area (Å²) in [5.41, 5.74) is 3.04. The molecular weight excluding hydrogens is 544 g/mol. The Labute approximate surface area is 239 Å². The molecule has 0 bridgehead atoms. The molecule has 2 aromatic carbocycles. The minimum atomic E-state index is -0.972. The number of anilines is 3. The van der Waals surface area contributed by atoms with E-state index in [9.17, 15) is 9.18 Å². The minimum Gasteiger partial charge on any atom is -0.457 e. The van der Waals surface area contributed by atoms with Crippen LogP contribution < -0.4 is 15.0 Å². The molecule has 0 saturated carbocycles. The summed E-state index contributed by atoms with van der Waals surface area (Å²) >= 11 is 0. The molecule has 5 aromatic rings. The van der Waals surface area contributed by atoms with Crippen LogP contribution in [0.3, 0.4) is 0 Å². The maximum atomic E-state index is 15.6. The highest BCUT2D eigenvalue weighted by atomic mass is 19.1. The van der Waals surface area contributed by atoms with Crippen molar-refractivity contribution in [2.45, 2.75) is 19.4 Å². The highest BCUT2D eigenvalue weighted by Crippen LogP contribution is 2.34. The number of aryl methyl sites for hydroxylation is 1. The molecule has 1 atom stereocenters. The molecule has 1 N–H and O–H groups in total. The number of carbonyl (C=O) groups is 1. The summed E-state index contributed by atoms with van der Waals surface area (Å²) < 4.78 is 36.6. The molecule has 3 aromatic heterocycles. The van der Waals surface area contributed by atoms with Crippen LogP contribution in [0.1, 0.15) is 12.0 Å². The number of carbonyl (C=O) groups excluding carboxylic acids is 1. The lowest BCUT2D eigenvalue weighted by atomic mass is 10.1. The summed E-state index contributed by atoms with van der Waals surface area (Å²) in [4.78, 5) is 28.8. The van der Waals surface area contributed by atoms with Gasteiger partial charge in [0.15, 0.2) is 17.5 Å².